The van der Waals surface area contributed by atoms with E-state index in [0.29, 0.717) is 125 Å². The number of ether oxygens (including phenoxy) is 4. The Morgan fingerprint density at radius 3 is 1.32 bits per heavy atom. The minimum absolute atomic E-state index is 0.00176. The van der Waals surface area contributed by atoms with Gasteiger partial charge in [-0.25, -0.2) is 0 Å². The standard InChI is InChI=1S/2C26H28ClN3O4/c2*1-17-22(25(31)9-6-21-16-33-10-11-34-21)7-8-24-23(17)15-30(28-24)14-18-12-29(13-18)26(32)19-2-4-20(27)5-3-19/h2*2-5,7-8,15,18,21H,6,9-14,16H2,1H3/t2*21-/m10/s1. The first kappa shape index (κ1) is 47.6. The Labute approximate surface area is 405 Å². The summed E-state index contributed by atoms with van der Waals surface area (Å²) >= 11 is 11.8. The van der Waals surface area contributed by atoms with Crippen LogP contribution in [0.3, 0.4) is 0 Å². The second-order valence-electron chi connectivity index (χ2n) is 18.3. The van der Waals surface area contributed by atoms with Crippen molar-refractivity contribution in [2.75, 3.05) is 65.8 Å². The Kier molecular flexibility index (Phi) is 15.0. The lowest BCUT2D eigenvalue weighted by Crippen LogP contribution is -2.51. The van der Waals surface area contributed by atoms with Crippen molar-refractivity contribution in [2.24, 2.45) is 11.8 Å². The second-order valence-corrected chi connectivity index (χ2v) is 19.1. The molecule has 68 heavy (non-hydrogen) atoms. The number of aryl methyl sites for hydroxylation is 2. The van der Waals surface area contributed by atoms with Gasteiger partial charge in [-0.3, -0.25) is 28.5 Å². The van der Waals surface area contributed by atoms with Gasteiger partial charge in [-0.05, 0) is 111 Å². The van der Waals surface area contributed by atoms with Crippen molar-refractivity contribution in [3.63, 3.8) is 0 Å². The first-order chi connectivity index (χ1) is 32.9. The number of aromatic nitrogens is 4. The second kappa shape index (κ2) is 21.4. The fourth-order valence-corrected chi connectivity index (χ4v) is 9.65. The lowest BCUT2D eigenvalue weighted by Gasteiger charge is -2.39. The maximum atomic E-state index is 12.9. The molecule has 0 saturated carbocycles. The zero-order chi connectivity index (χ0) is 47.3. The summed E-state index contributed by atoms with van der Waals surface area (Å²) in [5.41, 5.74) is 6.48. The number of benzene rings is 4. The predicted octanol–water partition coefficient (Wildman–Crippen LogP) is 8.30. The van der Waals surface area contributed by atoms with Crippen LogP contribution in [0.25, 0.3) is 21.8 Å². The van der Waals surface area contributed by atoms with Crippen molar-refractivity contribution in [1.82, 2.24) is 29.4 Å². The quantitative estimate of drug-likeness (QED) is 0.0978. The molecule has 4 aliphatic rings. The third kappa shape index (κ3) is 11.2. The van der Waals surface area contributed by atoms with E-state index < -0.39 is 0 Å². The SMILES string of the molecule is Cc1c(C(=O)CC[C@@H]2COCCO2)ccc2nn(CC3CN(C(=O)c4ccc(Cl)cc4)C3)cc12.Cc1c(C(=O)CC[C@H]2COCCO2)ccc2nn(CC3CN(C(=O)c4ccc(Cl)cc4)C3)cc12. The van der Waals surface area contributed by atoms with Crippen molar-refractivity contribution in [3.05, 3.63) is 129 Å². The average molecular weight is 964 g/mol. The van der Waals surface area contributed by atoms with Crippen LogP contribution in [0.2, 0.25) is 10.0 Å². The van der Waals surface area contributed by atoms with Crippen molar-refractivity contribution < 1.29 is 38.1 Å². The molecule has 10 rings (SSSR count). The molecule has 4 fully saturated rings. The van der Waals surface area contributed by atoms with Gasteiger partial charge in [0.05, 0.1) is 62.9 Å². The fourth-order valence-electron chi connectivity index (χ4n) is 9.39. The van der Waals surface area contributed by atoms with E-state index in [1.54, 1.807) is 48.5 Å². The third-order valence-electron chi connectivity index (χ3n) is 13.3. The molecule has 356 valence electrons. The molecule has 0 N–H and O–H groups in total. The summed E-state index contributed by atoms with van der Waals surface area (Å²) in [5.74, 6) is 1.01. The highest BCUT2D eigenvalue weighted by Gasteiger charge is 2.33. The highest BCUT2D eigenvalue weighted by atomic mass is 35.5. The van der Waals surface area contributed by atoms with Crippen LogP contribution in [-0.2, 0) is 32.0 Å². The minimum atomic E-state index is -0.00176. The summed E-state index contributed by atoms with van der Waals surface area (Å²) in [7, 11) is 0. The molecule has 4 saturated heterocycles. The van der Waals surface area contributed by atoms with Gasteiger partial charge in [0, 0.05) is 119 Å². The normalized spacial score (nSPS) is 18.8. The maximum Gasteiger partial charge on any atom is 0.253 e. The fraction of sp³-hybridized carbons (Fsp3) is 0.423. The number of hydrogen-bond acceptors (Lipinski definition) is 10. The lowest BCUT2D eigenvalue weighted by molar-refractivity contribution is -0.0902. The largest absolute Gasteiger partial charge is 0.376 e. The molecular weight excluding hydrogens is 908 g/mol. The van der Waals surface area contributed by atoms with E-state index in [-0.39, 0.29) is 35.6 Å². The van der Waals surface area contributed by atoms with E-state index in [2.05, 4.69) is 0 Å². The Balaban J connectivity index is 0.000000170. The highest BCUT2D eigenvalue weighted by Crippen LogP contribution is 2.28. The Morgan fingerprint density at radius 1 is 0.559 bits per heavy atom. The molecular formula is C52H56Cl2N6O8. The van der Waals surface area contributed by atoms with Gasteiger partial charge >= 0.3 is 0 Å². The molecule has 4 aromatic carbocycles. The van der Waals surface area contributed by atoms with Gasteiger partial charge in [0.1, 0.15) is 0 Å². The molecule has 2 amide bonds. The van der Waals surface area contributed by atoms with Crippen LogP contribution in [-0.4, -0.2) is 131 Å². The number of likely N-dealkylation sites (tertiary alicyclic amines) is 2. The Hall–Kier alpha value is -5.48. The van der Waals surface area contributed by atoms with Gasteiger partial charge in [-0.15, -0.1) is 0 Å². The first-order valence-electron chi connectivity index (χ1n) is 23.4. The van der Waals surface area contributed by atoms with Gasteiger partial charge in [0.15, 0.2) is 11.6 Å². The van der Waals surface area contributed by atoms with E-state index in [1.165, 1.54) is 0 Å². The molecule has 6 aromatic rings. The minimum Gasteiger partial charge on any atom is -0.376 e. The number of ketones is 2. The first-order valence-corrected chi connectivity index (χ1v) is 24.2. The van der Waals surface area contributed by atoms with E-state index in [9.17, 15) is 19.2 Å². The number of carbonyl (C=O) groups is 4. The molecule has 0 unspecified atom stereocenters. The monoisotopic (exact) mass is 962 g/mol. The molecule has 0 spiro atoms. The molecule has 14 nitrogen and oxygen atoms in total. The summed E-state index contributed by atoms with van der Waals surface area (Å²) in [5, 5.41) is 12.6. The number of Topliss-reactive ketones (excluding diaryl/α,β-unsaturated/α-hetero) is 2. The van der Waals surface area contributed by atoms with Crippen LogP contribution in [0, 0.1) is 25.7 Å². The predicted molar refractivity (Wildman–Crippen MR) is 259 cm³/mol. The van der Waals surface area contributed by atoms with Gasteiger partial charge in [0.25, 0.3) is 11.8 Å². The van der Waals surface area contributed by atoms with Crippen molar-refractivity contribution in [1.29, 1.82) is 0 Å². The maximum absolute atomic E-state index is 12.9. The molecule has 0 radical (unpaired) electrons. The van der Waals surface area contributed by atoms with Gasteiger partial charge in [0.2, 0.25) is 0 Å². The summed E-state index contributed by atoms with van der Waals surface area (Å²) in [6, 6.07) is 21.6. The van der Waals surface area contributed by atoms with E-state index in [1.807, 2.05) is 69.7 Å². The van der Waals surface area contributed by atoms with Gasteiger partial charge < -0.3 is 28.7 Å². The van der Waals surface area contributed by atoms with Crippen LogP contribution in [0.15, 0.2) is 85.2 Å². The average Bonchev–Trinajstić information content (AvgIpc) is 3.95. The number of fused-ring (bicyclic) bond motifs is 2. The molecule has 4 aliphatic heterocycles. The van der Waals surface area contributed by atoms with Crippen molar-refractivity contribution >= 4 is 68.4 Å². The highest BCUT2D eigenvalue weighted by molar-refractivity contribution is 6.31. The van der Waals surface area contributed by atoms with E-state index in [4.69, 9.17) is 52.3 Å². The number of halogens is 2. The Bertz CT molecular complexity index is 2580. The van der Waals surface area contributed by atoms with Crippen molar-refractivity contribution in [2.45, 2.75) is 64.8 Å². The summed E-state index contributed by atoms with van der Waals surface area (Å²) in [6.45, 7) is 11.8. The number of carbonyl (C=O) groups excluding carboxylic acids is 4. The molecule has 16 heteroatoms. The van der Waals surface area contributed by atoms with Crippen LogP contribution in [0.1, 0.15) is 78.2 Å². The van der Waals surface area contributed by atoms with Crippen LogP contribution in [0.5, 0.6) is 0 Å². The molecule has 6 heterocycles. The summed E-state index contributed by atoms with van der Waals surface area (Å²) in [4.78, 5) is 54.6. The zero-order valence-electron chi connectivity index (χ0n) is 38.4. The van der Waals surface area contributed by atoms with Crippen LogP contribution < -0.4 is 0 Å². The van der Waals surface area contributed by atoms with Crippen LogP contribution in [0.4, 0.5) is 0 Å². The molecule has 0 aliphatic carbocycles. The van der Waals surface area contributed by atoms with Crippen LogP contribution >= 0.6 is 23.2 Å². The van der Waals surface area contributed by atoms with E-state index >= 15 is 0 Å². The summed E-state index contributed by atoms with van der Waals surface area (Å²) < 4.78 is 26.0. The third-order valence-corrected chi connectivity index (χ3v) is 13.8. The number of nitrogens with zero attached hydrogens (tertiary/aromatic N) is 6. The van der Waals surface area contributed by atoms with E-state index in [0.717, 1.165) is 57.1 Å². The molecule has 2 atom stereocenters. The number of amides is 2. The number of rotatable bonds is 14. The van der Waals surface area contributed by atoms with Gasteiger partial charge in [-0.2, -0.15) is 10.2 Å². The molecule has 2 aromatic heterocycles. The smallest absolute Gasteiger partial charge is 0.253 e. The zero-order valence-corrected chi connectivity index (χ0v) is 39.9. The lowest BCUT2D eigenvalue weighted by atomic mass is 9.97. The Morgan fingerprint density at radius 2 is 0.956 bits per heavy atom. The van der Waals surface area contributed by atoms with Crippen molar-refractivity contribution in [3.8, 4) is 0 Å². The summed E-state index contributed by atoms with van der Waals surface area (Å²) in [6.07, 6.45) is 6.25. The van der Waals surface area contributed by atoms with Gasteiger partial charge in [-0.1, -0.05) is 23.2 Å². The molecule has 0 bridgehead atoms. The topological polar surface area (TPSA) is 147 Å². The number of hydrogen-bond donors (Lipinski definition) is 0.